The van der Waals surface area contributed by atoms with Crippen molar-refractivity contribution in [2.75, 3.05) is 5.73 Å². The van der Waals surface area contributed by atoms with Crippen molar-refractivity contribution in [2.24, 2.45) is 5.92 Å². The van der Waals surface area contributed by atoms with Crippen LogP contribution >= 0.6 is 0 Å². The van der Waals surface area contributed by atoms with E-state index < -0.39 is 0 Å². The summed E-state index contributed by atoms with van der Waals surface area (Å²) in [6.45, 7) is 4.25. The summed E-state index contributed by atoms with van der Waals surface area (Å²) in [5.41, 5.74) is 5.12. The molecule has 0 bridgehead atoms. The zero-order valence-corrected chi connectivity index (χ0v) is 10.6. The second-order valence-corrected chi connectivity index (χ2v) is 5.49. The van der Waals surface area contributed by atoms with Crippen LogP contribution in [0.3, 0.4) is 0 Å². The minimum absolute atomic E-state index is 0.168. The molecule has 0 aliphatic heterocycles. The number of nitrogen functional groups attached to an aromatic ring is 1. The molecular formula is C13H21N3O. The summed E-state index contributed by atoms with van der Waals surface area (Å²) in [4.78, 5) is 15.7. The average Bonchev–Trinajstić information content (AvgIpc) is 2.29. The van der Waals surface area contributed by atoms with Gasteiger partial charge in [0.1, 0.15) is 5.82 Å². The first-order chi connectivity index (χ1) is 8.01. The Balaban J connectivity index is 2.32. The molecule has 0 atom stereocenters. The molecule has 1 aromatic heterocycles. The lowest BCUT2D eigenvalue weighted by atomic mass is 9.76. The van der Waals surface area contributed by atoms with Crippen molar-refractivity contribution in [2.45, 2.75) is 51.5 Å². The molecule has 0 radical (unpaired) electrons. The molecule has 1 saturated carbocycles. The topological polar surface area (TPSA) is 60.9 Å². The number of hydrogen-bond donors (Lipinski definition) is 1. The van der Waals surface area contributed by atoms with Crippen molar-refractivity contribution >= 4 is 5.82 Å². The summed E-state index contributed by atoms with van der Waals surface area (Å²) in [5, 5.41) is 0. The van der Waals surface area contributed by atoms with Gasteiger partial charge in [0, 0.05) is 11.7 Å². The Morgan fingerprint density at radius 3 is 2.59 bits per heavy atom. The predicted octanol–water partition coefficient (Wildman–Crippen LogP) is 2.14. The zero-order chi connectivity index (χ0) is 12.5. The van der Waals surface area contributed by atoms with Crippen LogP contribution in [0.15, 0.2) is 17.1 Å². The molecule has 4 nitrogen and oxygen atoms in total. The predicted molar refractivity (Wildman–Crippen MR) is 68.8 cm³/mol. The summed E-state index contributed by atoms with van der Waals surface area (Å²) < 4.78 is 1.74. The highest BCUT2D eigenvalue weighted by Crippen LogP contribution is 2.36. The molecule has 1 heterocycles. The molecule has 0 spiro atoms. The molecule has 17 heavy (non-hydrogen) atoms. The molecule has 1 aliphatic rings. The highest BCUT2D eigenvalue weighted by Gasteiger charge is 2.32. The van der Waals surface area contributed by atoms with E-state index in [-0.39, 0.29) is 11.2 Å². The van der Waals surface area contributed by atoms with E-state index in [2.05, 4.69) is 18.8 Å². The molecule has 94 valence electrons. The maximum absolute atomic E-state index is 11.9. The van der Waals surface area contributed by atoms with Gasteiger partial charge in [0.2, 0.25) is 0 Å². The molecular weight excluding hydrogens is 214 g/mol. The van der Waals surface area contributed by atoms with E-state index in [4.69, 9.17) is 5.73 Å². The van der Waals surface area contributed by atoms with Crippen LogP contribution in [-0.2, 0) is 5.54 Å². The van der Waals surface area contributed by atoms with Crippen LogP contribution in [0.4, 0.5) is 5.82 Å². The van der Waals surface area contributed by atoms with Gasteiger partial charge in [-0.3, -0.25) is 4.57 Å². The van der Waals surface area contributed by atoms with Crippen molar-refractivity contribution in [3.63, 3.8) is 0 Å². The third kappa shape index (κ3) is 2.35. The standard InChI is InChI=1S/C13H21N3O/c1-13(2,10-6-4-3-5-7-10)16-9-8-11(14)15-12(16)17/h8-10H,3-7H2,1-2H3,(H2,14,15,17). The van der Waals surface area contributed by atoms with Crippen LogP contribution < -0.4 is 11.4 Å². The van der Waals surface area contributed by atoms with E-state index >= 15 is 0 Å². The van der Waals surface area contributed by atoms with E-state index in [1.807, 2.05) is 0 Å². The quantitative estimate of drug-likeness (QED) is 0.854. The van der Waals surface area contributed by atoms with Crippen LogP contribution in [-0.4, -0.2) is 9.55 Å². The first kappa shape index (κ1) is 12.1. The second kappa shape index (κ2) is 4.51. The lowest BCUT2D eigenvalue weighted by Gasteiger charge is -2.38. The summed E-state index contributed by atoms with van der Waals surface area (Å²) in [5.74, 6) is 0.852. The third-order valence-corrected chi connectivity index (χ3v) is 4.05. The van der Waals surface area contributed by atoms with E-state index in [0.717, 1.165) is 0 Å². The van der Waals surface area contributed by atoms with Crippen molar-refractivity contribution < 1.29 is 0 Å². The first-order valence-corrected chi connectivity index (χ1v) is 6.37. The van der Waals surface area contributed by atoms with Crippen LogP contribution in [0.1, 0.15) is 46.0 Å². The van der Waals surface area contributed by atoms with Crippen molar-refractivity contribution in [3.05, 3.63) is 22.7 Å². The van der Waals surface area contributed by atoms with Gasteiger partial charge in [-0.05, 0) is 38.7 Å². The Labute approximate surface area is 102 Å². The van der Waals surface area contributed by atoms with E-state index in [1.54, 1.807) is 16.8 Å². The molecule has 1 aromatic rings. The largest absolute Gasteiger partial charge is 0.383 e. The summed E-state index contributed by atoms with van der Waals surface area (Å²) >= 11 is 0. The minimum atomic E-state index is -0.236. The van der Waals surface area contributed by atoms with Crippen LogP contribution in [0, 0.1) is 5.92 Å². The monoisotopic (exact) mass is 235 g/mol. The van der Waals surface area contributed by atoms with E-state index in [1.165, 1.54) is 32.1 Å². The highest BCUT2D eigenvalue weighted by atomic mass is 16.1. The maximum atomic E-state index is 11.9. The van der Waals surface area contributed by atoms with Crippen LogP contribution in [0.25, 0.3) is 0 Å². The number of aromatic nitrogens is 2. The molecule has 1 aliphatic carbocycles. The lowest BCUT2D eigenvalue weighted by molar-refractivity contribution is 0.157. The van der Waals surface area contributed by atoms with Gasteiger partial charge >= 0.3 is 5.69 Å². The van der Waals surface area contributed by atoms with Gasteiger partial charge in [-0.1, -0.05) is 19.3 Å². The summed E-state index contributed by atoms with van der Waals surface area (Å²) in [6, 6.07) is 1.70. The summed E-state index contributed by atoms with van der Waals surface area (Å²) in [7, 11) is 0. The molecule has 4 heteroatoms. The highest BCUT2D eigenvalue weighted by molar-refractivity contribution is 5.23. The van der Waals surface area contributed by atoms with Crippen molar-refractivity contribution in [3.8, 4) is 0 Å². The van der Waals surface area contributed by atoms with Gasteiger partial charge in [-0.15, -0.1) is 0 Å². The van der Waals surface area contributed by atoms with Gasteiger partial charge in [-0.25, -0.2) is 4.79 Å². The van der Waals surface area contributed by atoms with Gasteiger partial charge in [0.05, 0.1) is 0 Å². The average molecular weight is 235 g/mol. The van der Waals surface area contributed by atoms with Gasteiger partial charge < -0.3 is 5.73 Å². The molecule has 0 aromatic carbocycles. The van der Waals surface area contributed by atoms with Crippen molar-refractivity contribution in [1.29, 1.82) is 0 Å². The molecule has 2 rings (SSSR count). The number of hydrogen-bond acceptors (Lipinski definition) is 3. The Bertz CT molecular complexity index is 444. The number of anilines is 1. The molecule has 1 fully saturated rings. The fourth-order valence-corrected chi connectivity index (χ4v) is 2.86. The lowest BCUT2D eigenvalue weighted by Crippen LogP contribution is -2.43. The molecule has 0 saturated heterocycles. The Hall–Kier alpha value is -1.32. The smallest absolute Gasteiger partial charge is 0.349 e. The van der Waals surface area contributed by atoms with Gasteiger partial charge in [0.15, 0.2) is 0 Å². The van der Waals surface area contributed by atoms with Gasteiger partial charge in [-0.2, -0.15) is 4.98 Å². The fraction of sp³-hybridized carbons (Fsp3) is 0.692. The molecule has 2 N–H and O–H groups in total. The fourth-order valence-electron chi connectivity index (χ4n) is 2.86. The Morgan fingerprint density at radius 2 is 2.00 bits per heavy atom. The number of nitrogens with zero attached hydrogens (tertiary/aromatic N) is 2. The number of nitrogens with two attached hydrogens (primary N) is 1. The molecule has 0 unspecified atom stereocenters. The van der Waals surface area contributed by atoms with E-state index in [0.29, 0.717) is 11.7 Å². The van der Waals surface area contributed by atoms with E-state index in [9.17, 15) is 4.79 Å². The van der Waals surface area contributed by atoms with Crippen molar-refractivity contribution in [1.82, 2.24) is 9.55 Å². The number of rotatable bonds is 2. The first-order valence-electron chi connectivity index (χ1n) is 6.37. The normalized spacial score (nSPS) is 18.2. The molecule has 0 amide bonds. The Kier molecular flexibility index (Phi) is 3.22. The van der Waals surface area contributed by atoms with Gasteiger partial charge in [0.25, 0.3) is 0 Å². The third-order valence-electron chi connectivity index (χ3n) is 4.05. The van der Waals surface area contributed by atoms with Crippen LogP contribution in [0.5, 0.6) is 0 Å². The maximum Gasteiger partial charge on any atom is 0.349 e. The van der Waals surface area contributed by atoms with Crippen LogP contribution in [0.2, 0.25) is 0 Å². The zero-order valence-electron chi connectivity index (χ0n) is 10.6. The minimum Gasteiger partial charge on any atom is -0.383 e. The summed E-state index contributed by atoms with van der Waals surface area (Å²) in [6.07, 6.45) is 8.03. The Morgan fingerprint density at radius 1 is 1.35 bits per heavy atom. The second-order valence-electron chi connectivity index (χ2n) is 5.49. The SMILES string of the molecule is CC(C)(C1CCCCC1)n1ccc(N)nc1=O.